The molecule has 0 saturated heterocycles. The van der Waals surface area contributed by atoms with Gasteiger partial charge in [-0.15, -0.1) is 0 Å². The highest BCUT2D eigenvalue weighted by Gasteiger charge is 2.52. The number of hydrogen-bond donors (Lipinski definition) is 0. The van der Waals surface area contributed by atoms with Crippen molar-refractivity contribution >= 4 is 54.5 Å². The van der Waals surface area contributed by atoms with Crippen molar-refractivity contribution in [2.45, 2.75) is 5.41 Å². The molecule has 0 radical (unpaired) electrons. The highest BCUT2D eigenvalue weighted by atomic mass is 16.3. The van der Waals surface area contributed by atoms with Gasteiger partial charge in [-0.05, 0) is 74.0 Å². The van der Waals surface area contributed by atoms with Crippen molar-refractivity contribution in [3.05, 3.63) is 222 Å². The third-order valence-corrected chi connectivity index (χ3v) is 13.4. The van der Waals surface area contributed by atoms with Gasteiger partial charge in [-0.25, -0.2) is 9.97 Å². The minimum Gasteiger partial charge on any atom is -0.456 e. The summed E-state index contributed by atoms with van der Waals surface area (Å²) in [5.74, 6) is 0.610. The molecule has 0 bridgehead atoms. The number of aromatic nitrogens is 3. The molecular weight excluding hydrogens is 743 g/mol. The summed E-state index contributed by atoms with van der Waals surface area (Å²) in [5, 5.41) is 6.83. The van der Waals surface area contributed by atoms with Gasteiger partial charge in [0.05, 0.1) is 27.8 Å². The topological polar surface area (TPSA) is 43.9 Å². The van der Waals surface area contributed by atoms with E-state index in [1.165, 1.54) is 55.3 Å². The number of benzene rings is 9. The highest BCUT2D eigenvalue weighted by molar-refractivity contribution is 6.21. The van der Waals surface area contributed by atoms with Crippen LogP contribution in [0.15, 0.2) is 205 Å². The standard InChI is InChI=1S/C57H33N3O/c1-2-15-35(16-3-1)49-32-50(37-27-26-34-14-4-5-17-36(34)30-37)59-56(58-49)60-51-33-53-44(40-20-9-13-25-52(40)61-53)31-43(51)41-28-29-48-54(55(41)60)42-21-8-12-24-47(42)57(48)45-22-10-6-18-38(45)39-19-7-11-23-46(39)57/h1-33H. The second-order valence-electron chi connectivity index (χ2n) is 16.4. The average Bonchev–Trinajstić information content (AvgIpc) is 4.04. The van der Waals surface area contributed by atoms with E-state index in [2.05, 4.69) is 199 Å². The van der Waals surface area contributed by atoms with Crippen LogP contribution < -0.4 is 0 Å². The van der Waals surface area contributed by atoms with E-state index in [4.69, 9.17) is 14.4 Å². The first-order valence-electron chi connectivity index (χ1n) is 20.9. The number of rotatable bonds is 3. The lowest BCUT2D eigenvalue weighted by Gasteiger charge is -2.30. The molecular formula is C57H33N3O. The van der Waals surface area contributed by atoms with Gasteiger partial charge < -0.3 is 4.42 Å². The molecule has 9 aromatic carbocycles. The Labute approximate surface area is 350 Å². The van der Waals surface area contributed by atoms with Gasteiger partial charge in [0, 0.05) is 44.3 Å². The first kappa shape index (κ1) is 32.8. The van der Waals surface area contributed by atoms with E-state index < -0.39 is 5.41 Å². The Bertz CT molecular complexity index is 3790. The van der Waals surface area contributed by atoms with Crippen molar-refractivity contribution in [1.82, 2.24) is 14.5 Å². The first-order chi connectivity index (χ1) is 30.2. The fourth-order valence-electron chi connectivity index (χ4n) is 10.9. The molecule has 0 aliphatic heterocycles. The van der Waals surface area contributed by atoms with Gasteiger partial charge in [-0.2, -0.15) is 0 Å². The Morgan fingerprint density at radius 1 is 0.393 bits per heavy atom. The van der Waals surface area contributed by atoms with Crippen molar-refractivity contribution in [3.63, 3.8) is 0 Å². The molecule has 0 N–H and O–H groups in total. The largest absolute Gasteiger partial charge is 0.456 e. The van der Waals surface area contributed by atoms with Crippen LogP contribution in [0.5, 0.6) is 0 Å². The van der Waals surface area contributed by atoms with Crippen LogP contribution in [0.25, 0.3) is 105 Å². The van der Waals surface area contributed by atoms with Crippen LogP contribution in [0, 0.1) is 0 Å². The number of fused-ring (bicyclic) bond motifs is 18. The number of furan rings is 1. The summed E-state index contributed by atoms with van der Waals surface area (Å²) in [6.45, 7) is 0. The lowest BCUT2D eigenvalue weighted by atomic mass is 9.70. The van der Waals surface area contributed by atoms with Crippen LogP contribution in [-0.4, -0.2) is 14.5 Å². The molecule has 3 heterocycles. The Morgan fingerprint density at radius 3 is 1.82 bits per heavy atom. The average molecular weight is 776 g/mol. The molecule has 0 saturated carbocycles. The van der Waals surface area contributed by atoms with E-state index in [1.807, 2.05) is 6.07 Å². The van der Waals surface area contributed by atoms with Gasteiger partial charge in [-0.1, -0.05) is 170 Å². The summed E-state index contributed by atoms with van der Waals surface area (Å²) in [6, 6.07) is 72.3. The van der Waals surface area contributed by atoms with E-state index >= 15 is 0 Å². The molecule has 12 aromatic rings. The lowest BCUT2D eigenvalue weighted by molar-refractivity contribution is 0.669. The monoisotopic (exact) mass is 775 g/mol. The molecule has 0 amide bonds. The fraction of sp³-hybridized carbons (Fsp3) is 0.0175. The van der Waals surface area contributed by atoms with Gasteiger partial charge in [0.2, 0.25) is 5.95 Å². The predicted octanol–water partition coefficient (Wildman–Crippen LogP) is 14.3. The van der Waals surface area contributed by atoms with Gasteiger partial charge >= 0.3 is 0 Å². The Hall–Kier alpha value is -8.08. The first-order valence-corrected chi connectivity index (χ1v) is 20.9. The quantitative estimate of drug-likeness (QED) is 0.180. The van der Waals surface area contributed by atoms with Crippen LogP contribution >= 0.6 is 0 Å². The summed E-state index contributed by atoms with van der Waals surface area (Å²) in [7, 11) is 0. The smallest absolute Gasteiger partial charge is 0.235 e. The Balaban J connectivity index is 1.16. The molecule has 4 nitrogen and oxygen atoms in total. The summed E-state index contributed by atoms with van der Waals surface area (Å²) >= 11 is 0. The maximum Gasteiger partial charge on any atom is 0.235 e. The summed E-state index contributed by atoms with van der Waals surface area (Å²) < 4.78 is 8.95. The molecule has 4 heteroatoms. The molecule has 2 aliphatic carbocycles. The molecule has 3 aromatic heterocycles. The number of para-hydroxylation sites is 1. The minimum absolute atomic E-state index is 0.499. The van der Waals surface area contributed by atoms with Gasteiger partial charge in [-0.3, -0.25) is 4.57 Å². The zero-order valence-electron chi connectivity index (χ0n) is 32.8. The normalized spacial score (nSPS) is 13.4. The molecule has 14 rings (SSSR count). The van der Waals surface area contributed by atoms with Crippen molar-refractivity contribution < 1.29 is 4.42 Å². The summed E-state index contributed by atoms with van der Waals surface area (Å²) in [5.41, 5.74) is 17.3. The highest BCUT2D eigenvalue weighted by Crippen LogP contribution is 2.64. The van der Waals surface area contributed by atoms with E-state index in [-0.39, 0.29) is 0 Å². The maximum atomic E-state index is 6.62. The van der Waals surface area contributed by atoms with Crippen LogP contribution in [0.2, 0.25) is 0 Å². The Morgan fingerprint density at radius 2 is 1.03 bits per heavy atom. The third-order valence-electron chi connectivity index (χ3n) is 13.4. The van der Waals surface area contributed by atoms with Crippen LogP contribution in [0.1, 0.15) is 22.3 Å². The molecule has 2 aliphatic rings. The maximum absolute atomic E-state index is 6.62. The third kappa shape index (κ3) is 4.33. The molecule has 61 heavy (non-hydrogen) atoms. The van der Waals surface area contributed by atoms with E-state index in [1.54, 1.807) is 0 Å². The zero-order valence-corrected chi connectivity index (χ0v) is 32.8. The van der Waals surface area contributed by atoms with Crippen molar-refractivity contribution in [1.29, 1.82) is 0 Å². The van der Waals surface area contributed by atoms with Crippen LogP contribution in [0.3, 0.4) is 0 Å². The van der Waals surface area contributed by atoms with Crippen molar-refractivity contribution in [2.24, 2.45) is 0 Å². The number of hydrogen-bond acceptors (Lipinski definition) is 3. The fourth-order valence-corrected chi connectivity index (χ4v) is 10.9. The second kappa shape index (κ2) is 12.0. The van der Waals surface area contributed by atoms with E-state index in [9.17, 15) is 0 Å². The zero-order chi connectivity index (χ0) is 39.8. The van der Waals surface area contributed by atoms with Crippen LogP contribution in [-0.2, 0) is 5.41 Å². The summed E-state index contributed by atoms with van der Waals surface area (Å²) in [4.78, 5) is 11.1. The van der Waals surface area contributed by atoms with Crippen LogP contribution in [0.4, 0.5) is 0 Å². The molecule has 282 valence electrons. The number of nitrogens with zero attached hydrogens (tertiary/aromatic N) is 3. The SMILES string of the molecule is c1ccc(-c2cc(-c3ccc4ccccc4c3)nc(-n3c4cc5oc6ccccc6c5cc4c4ccc5c(c43)-c3ccccc3C53c4ccccc4-c4ccccc43)n2)cc1. The predicted molar refractivity (Wildman–Crippen MR) is 248 cm³/mol. The van der Waals surface area contributed by atoms with Gasteiger partial charge in [0.15, 0.2) is 0 Å². The van der Waals surface area contributed by atoms with E-state index in [0.717, 1.165) is 66.3 Å². The van der Waals surface area contributed by atoms with Gasteiger partial charge in [0.25, 0.3) is 0 Å². The summed E-state index contributed by atoms with van der Waals surface area (Å²) in [6.07, 6.45) is 0. The Kier molecular flexibility index (Phi) is 6.46. The van der Waals surface area contributed by atoms with Crippen molar-refractivity contribution in [2.75, 3.05) is 0 Å². The van der Waals surface area contributed by atoms with Crippen molar-refractivity contribution in [3.8, 4) is 50.7 Å². The van der Waals surface area contributed by atoms with E-state index in [0.29, 0.717) is 5.95 Å². The molecule has 0 unspecified atom stereocenters. The molecule has 1 spiro atoms. The minimum atomic E-state index is -0.499. The molecule has 0 atom stereocenters. The second-order valence-corrected chi connectivity index (χ2v) is 16.4. The van der Waals surface area contributed by atoms with Gasteiger partial charge in [0.1, 0.15) is 11.2 Å². The lowest BCUT2D eigenvalue weighted by Crippen LogP contribution is -2.25. The molecule has 0 fully saturated rings.